The van der Waals surface area contributed by atoms with E-state index in [9.17, 15) is 4.79 Å². The predicted octanol–water partition coefficient (Wildman–Crippen LogP) is 4.11. The molecule has 0 saturated carbocycles. The van der Waals surface area contributed by atoms with Gasteiger partial charge in [0.2, 0.25) is 5.91 Å². The Kier molecular flexibility index (Phi) is 9.23. The fraction of sp³-hybridized carbons (Fsp3) is 0.500. The molecule has 0 bridgehead atoms. The topological polar surface area (TPSA) is 23.6 Å². The molecule has 6 heteroatoms. The molecule has 1 rings (SSSR count). The maximum absolute atomic E-state index is 12.0. The molecule has 0 aliphatic carbocycles. The highest BCUT2D eigenvalue weighted by Gasteiger charge is 2.14. The Morgan fingerprint density at radius 1 is 1.15 bits per heavy atom. The highest BCUT2D eigenvalue weighted by Crippen LogP contribution is 2.27. The fourth-order valence-electron chi connectivity index (χ4n) is 1.79. The maximum Gasteiger partial charge on any atom is 0.226 e. The standard InChI is InChI=1S/C14H20Cl2N2O.ClH/c1-4-14(19)18(9-5-8-17(2)3)11-6-7-12(15)13(16)10-11;/h6-7,10H,4-5,8-9H2,1-3H3;1H. The van der Waals surface area contributed by atoms with Crippen LogP contribution in [-0.2, 0) is 4.79 Å². The van der Waals surface area contributed by atoms with Crippen LogP contribution in [0.25, 0.3) is 0 Å². The lowest BCUT2D eigenvalue weighted by Gasteiger charge is -2.23. The van der Waals surface area contributed by atoms with Crippen LogP contribution in [0, 0.1) is 0 Å². The summed E-state index contributed by atoms with van der Waals surface area (Å²) < 4.78 is 0. The molecule has 0 aliphatic heterocycles. The molecule has 114 valence electrons. The number of hydrogen-bond donors (Lipinski definition) is 0. The molecule has 0 aliphatic rings. The van der Waals surface area contributed by atoms with Crippen molar-refractivity contribution in [1.82, 2.24) is 4.90 Å². The minimum absolute atomic E-state index is 0. The van der Waals surface area contributed by atoms with Crippen molar-refractivity contribution in [3.05, 3.63) is 28.2 Å². The van der Waals surface area contributed by atoms with Crippen LogP contribution in [0.5, 0.6) is 0 Å². The first kappa shape index (κ1) is 19.5. The van der Waals surface area contributed by atoms with E-state index < -0.39 is 0 Å². The van der Waals surface area contributed by atoms with Gasteiger partial charge in [-0.1, -0.05) is 30.1 Å². The summed E-state index contributed by atoms with van der Waals surface area (Å²) in [6, 6.07) is 5.30. The van der Waals surface area contributed by atoms with Crippen LogP contribution in [0.15, 0.2) is 18.2 Å². The van der Waals surface area contributed by atoms with Gasteiger partial charge in [0.15, 0.2) is 0 Å². The number of carbonyl (C=O) groups is 1. The number of halogens is 3. The van der Waals surface area contributed by atoms with Gasteiger partial charge in [-0.05, 0) is 45.3 Å². The lowest BCUT2D eigenvalue weighted by molar-refractivity contribution is -0.118. The Bertz CT molecular complexity index is 438. The van der Waals surface area contributed by atoms with Crippen molar-refractivity contribution >= 4 is 47.2 Å². The Morgan fingerprint density at radius 2 is 1.80 bits per heavy atom. The lowest BCUT2D eigenvalue weighted by Crippen LogP contribution is -2.32. The van der Waals surface area contributed by atoms with Crippen LogP contribution in [-0.4, -0.2) is 38.0 Å². The van der Waals surface area contributed by atoms with Crippen molar-refractivity contribution in [2.45, 2.75) is 19.8 Å². The second kappa shape index (κ2) is 9.46. The number of nitrogens with zero attached hydrogens (tertiary/aromatic N) is 2. The van der Waals surface area contributed by atoms with E-state index in [1.807, 2.05) is 27.1 Å². The number of rotatable bonds is 6. The van der Waals surface area contributed by atoms with Crippen molar-refractivity contribution in [3.63, 3.8) is 0 Å². The molecule has 20 heavy (non-hydrogen) atoms. The largest absolute Gasteiger partial charge is 0.312 e. The molecule has 0 N–H and O–H groups in total. The minimum Gasteiger partial charge on any atom is -0.312 e. The number of carbonyl (C=O) groups excluding carboxylic acids is 1. The van der Waals surface area contributed by atoms with E-state index in [1.165, 1.54) is 0 Å². The SMILES string of the molecule is CCC(=O)N(CCCN(C)C)c1ccc(Cl)c(Cl)c1.Cl. The molecule has 1 amide bonds. The summed E-state index contributed by atoms with van der Waals surface area (Å²) in [7, 11) is 4.04. The molecular weight excluding hydrogens is 319 g/mol. The number of benzene rings is 1. The third kappa shape index (κ3) is 5.88. The molecule has 0 unspecified atom stereocenters. The van der Waals surface area contributed by atoms with Crippen LogP contribution < -0.4 is 4.90 Å². The molecule has 0 fully saturated rings. The van der Waals surface area contributed by atoms with E-state index in [-0.39, 0.29) is 18.3 Å². The highest BCUT2D eigenvalue weighted by molar-refractivity contribution is 6.42. The number of amides is 1. The zero-order chi connectivity index (χ0) is 14.4. The van der Waals surface area contributed by atoms with Gasteiger partial charge in [-0.15, -0.1) is 12.4 Å². The average Bonchev–Trinajstić information content (AvgIpc) is 2.37. The van der Waals surface area contributed by atoms with Crippen LogP contribution >= 0.6 is 35.6 Å². The average molecular weight is 340 g/mol. The first-order valence-electron chi connectivity index (χ1n) is 6.35. The molecule has 0 heterocycles. The van der Waals surface area contributed by atoms with Crippen molar-refractivity contribution in [2.75, 3.05) is 32.1 Å². The molecular formula is C14H21Cl3N2O. The summed E-state index contributed by atoms with van der Waals surface area (Å²) in [5.74, 6) is 0.0946. The Hall–Kier alpha value is -0.480. The number of hydrogen-bond acceptors (Lipinski definition) is 2. The molecule has 0 radical (unpaired) electrons. The van der Waals surface area contributed by atoms with Crippen LogP contribution in [0.1, 0.15) is 19.8 Å². The summed E-state index contributed by atoms with van der Waals surface area (Å²) in [5.41, 5.74) is 0.806. The second-order valence-electron chi connectivity index (χ2n) is 4.65. The zero-order valence-corrected chi connectivity index (χ0v) is 14.4. The molecule has 3 nitrogen and oxygen atoms in total. The quantitative estimate of drug-likeness (QED) is 0.778. The van der Waals surface area contributed by atoms with Gasteiger partial charge in [0, 0.05) is 18.7 Å². The van der Waals surface area contributed by atoms with Gasteiger partial charge in [-0.25, -0.2) is 0 Å². The minimum atomic E-state index is 0. The van der Waals surface area contributed by atoms with Crippen molar-refractivity contribution in [2.24, 2.45) is 0 Å². The van der Waals surface area contributed by atoms with E-state index >= 15 is 0 Å². The Labute approximate surface area is 137 Å². The lowest BCUT2D eigenvalue weighted by atomic mass is 10.2. The van der Waals surface area contributed by atoms with E-state index in [4.69, 9.17) is 23.2 Å². The third-order valence-electron chi connectivity index (χ3n) is 2.81. The Balaban J connectivity index is 0.00000361. The summed E-state index contributed by atoms with van der Waals surface area (Å²) in [6.07, 6.45) is 1.39. The normalized spacial score (nSPS) is 10.3. The van der Waals surface area contributed by atoms with Gasteiger partial charge >= 0.3 is 0 Å². The fourth-order valence-corrected chi connectivity index (χ4v) is 2.08. The number of anilines is 1. The monoisotopic (exact) mass is 338 g/mol. The first-order chi connectivity index (χ1) is 8.95. The maximum atomic E-state index is 12.0. The second-order valence-corrected chi connectivity index (χ2v) is 5.47. The summed E-state index contributed by atoms with van der Waals surface area (Å²) in [6.45, 7) is 3.48. The van der Waals surface area contributed by atoms with E-state index in [0.717, 1.165) is 18.7 Å². The molecule has 0 aromatic heterocycles. The van der Waals surface area contributed by atoms with Crippen molar-refractivity contribution < 1.29 is 4.79 Å². The van der Waals surface area contributed by atoms with Crippen molar-refractivity contribution in [3.8, 4) is 0 Å². The van der Waals surface area contributed by atoms with E-state index in [1.54, 1.807) is 17.0 Å². The van der Waals surface area contributed by atoms with Crippen LogP contribution in [0.4, 0.5) is 5.69 Å². The predicted molar refractivity (Wildman–Crippen MR) is 89.5 cm³/mol. The van der Waals surface area contributed by atoms with Gasteiger partial charge in [0.25, 0.3) is 0 Å². The highest BCUT2D eigenvalue weighted by atomic mass is 35.5. The van der Waals surface area contributed by atoms with Crippen LogP contribution in [0.2, 0.25) is 10.0 Å². The van der Waals surface area contributed by atoms with Gasteiger partial charge in [0.1, 0.15) is 0 Å². The molecule has 1 aromatic carbocycles. The Morgan fingerprint density at radius 3 is 2.30 bits per heavy atom. The van der Waals surface area contributed by atoms with Gasteiger partial charge in [0.05, 0.1) is 10.0 Å². The summed E-state index contributed by atoms with van der Waals surface area (Å²) in [5, 5.41) is 0.975. The van der Waals surface area contributed by atoms with Gasteiger partial charge in [-0.3, -0.25) is 4.79 Å². The third-order valence-corrected chi connectivity index (χ3v) is 3.54. The summed E-state index contributed by atoms with van der Waals surface area (Å²) in [4.78, 5) is 15.9. The summed E-state index contributed by atoms with van der Waals surface area (Å²) >= 11 is 11.9. The van der Waals surface area contributed by atoms with Gasteiger partial charge in [-0.2, -0.15) is 0 Å². The van der Waals surface area contributed by atoms with Crippen molar-refractivity contribution in [1.29, 1.82) is 0 Å². The molecule has 0 spiro atoms. The first-order valence-corrected chi connectivity index (χ1v) is 7.11. The van der Waals surface area contributed by atoms with Crippen LogP contribution in [0.3, 0.4) is 0 Å². The molecule has 0 atom stereocenters. The molecule has 1 aromatic rings. The molecule has 0 saturated heterocycles. The zero-order valence-electron chi connectivity index (χ0n) is 12.0. The van der Waals surface area contributed by atoms with E-state index in [0.29, 0.717) is 23.0 Å². The smallest absolute Gasteiger partial charge is 0.226 e. The van der Waals surface area contributed by atoms with Gasteiger partial charge < -0.3 is 9.80 Å². The van der Waals surface area contributed by atoms with E-state index in [2.05, 4.69) is 4.90 Å².